The maximum absolute atomic E-state index is 12.3. The third kappa shape index (κ3) is 2.77. The summed E-state index contributed by atoms with van der Waals surface area (Å²) in [5, 5.41) is 3.24. The van der Waals surface area contributed by atoms with Gasteiger partial charge in [0.15, 0.2) is 0 Å². The Labute approximate surface area is 131 Å². The van der Waals surface area contributed by atoms with Gasteiger partial charge >= 0.3 is 0 Å². The molecule has 4 heteroatoms. The number of amides is 1. The standard InChI is InChI=1S/C18H24N2O2/c21-18(13-4-2-1-3-5-13)19-14-10-15-6-7-16(11-14)20(15)12-17-8-9-22-17/h1-5,14-17H,6-12H2,(H,19,21)/t14?,15-,16+,17-/m1/s1. The Kier molecular flexibility index (Phi) is 3.89. The van der Waals surface area contributed by atoms with Gasteiger partial charge in [-0.2, -0.15) is 0 Å². The lowest BCUT2D eigenvalue weighted by Crippen LogP contribution is -2.53. The molecule has 3 saturated heterocycles. The highest BCUT2D eigenvalue weighted by Crippen LogP contribution is 2.36. The summed E-state index contributed by atoms with van der Waals surface area (Å²) in [4.78, 5) is 15.0. The van der Waals surface area contributed by atoms with Crippen molar-refractivity contribution in [3.8, 4) is 0 Å². The van der Waals surface area contributed by atoms with Crippen molar-refractivity contribution in [2.45, 2.75) is 56.3 Å². The lowest BCUT2D eigenvalue weighted by atomic mass is 9.96. The molecule has 1 aromatic carbocycles. The van der Waals surface area contributed by atoms with Crippen LogP contribution in [-0.4, -0.2) is 48.2 Å². The van der Waals surface area contributed by atoms with Crippen molar-refractivity contribution in [3.05, 3.63) is 35.9 Å². The normalized spacial score (nSPS) is 34.2. The summed E-state index contributed by atoms with van der Waals surface area (Å²) in [6, 6.07) is 11.1. The van der Waals surface area contributed by atoms with Crippen LogP contribution < -0.4 is 5.32 Å². The molecule has 4 rings (SSSR count). The number of piperidine rings is 1. The number of rotatable bonds is 4. The highest BCUT2D eigenvalue weighted by Gasteiger charge is 2.42. The average molecular weight is 300 g/mol. The Balaban J connectivity index is 1.35. The molecule has 3 heterocycles. The van der Waals surface area contributed by atoms with Gasteiger partial charge in [-0.25, -0.2) is 0 Å². The molecule has 1 aromatic rings. The van der Waals surface area contributed by atoms with Gasteiger partial charge in [0, 0.05) is 36.8 Å². The second-order valence-corrected chi connectivity index (χ2v) is 6.87. The zero-order valence-corrected chi connectivity index (χ0v) is 12.9. The van der Waals surface area contributed by atoms with Gasteiger partial charge in [0.2, 0.25) is 0 Å². The predicted molar refractivity (Wildman–Crippen MR) is 84.8 cm³/mol. The van der Waals surface area contributed by atoms with Crippen LogP contribution in [0.25, 0.3) is 0 Å². The molecule has 4 atom stereocenters. The van der Waals surface area contributed by atoms with Crippen molar-refractivity contribution in [2.75, 3.05) is 13.2 Å². The van der Waals surface area contributed by atoms with Crippen LogP contribution in [0, 0.1) is 0 Å². The Morgan fingerprint density at radius 3 is 2.41 bits per heavy atom. The van der Waals surface area contributed by atoms with Crippen LogP contribution in [0.4, 0.5) is 0 Å². The van der Waals surface area contributed by atoms with E-state index in [1.165, 1.54) is 19.3 Å². The fraction of sp³-hybridized carbons (Fsp3) is 0.611. The summed E-state index contributed by atoms with van der Waals surface area (Å²) in [6.45, 7) is 2.03. The number of hydrogen-bond acceptors (Lipinski definition) is 3. The molecule has 3 fully saturated rings. The monoisotopic (exact) mass is 300 g/mol. The van der Waals surface area contributed by atoms with E-state index in [1.807, 2.05) is 30.3 Å². The molecular formula is C18H24N2O2. The largest absolute Gasteiger partial charge is 0.377 e. The molecule has 118 valence electrons. The molecule has 0 saturated carbocycles. The molecule has 0 aliphatic carbocycles. The second-order valence-electron chi connectivity index (χ2n) is 6.87. The van der Waals surface area contributed by atoms with E-state index in [2.05, 4.69) is 10.2 Å². The summed E-state index contributed by atoms with van der Waals surface area (Å²) in [6.07, 6.45) is 6.39. The van der Waals surface area contributed by atoms with Crippen molar-refractivity contribution in [3.63, 3.8) is 0 Å². The van der Waals surface area contributed by atoms with Crippen LogP contribution in [0.15, 0.2) is 30.3 Å². The van der Waals surface area contributed by atoms with Gasteiger partial charge in [-0.15, -0.1) is 0 Å². The third-order valence-corrected chi connectivity index (χ3v) is 5.46. The quantitative estimate of drug-likeness (QED) is 0.927. The number of nitrogens with zero attached hydrogens (tertiary/aromatic N) is 1. The first-order valence-corrected chi connectivity index (χ1v) is 8.53. The molecule has 3 aliphatic heterocycles. The highest BCUT2D eigenvalue weighted by molar-refractivity contribution is 5.94. The highest BCUT2D eigenvalue weighted by atomic mass is 16.5. The maximum Gasteiger partial charge on any atom is 0.251 e. The number of nitrogens with one attached hydrogen (secondary N) is 1. The Morgan fingerprint density at radius 1 is 1.14 bits per heavy atom. The van der Waals surface area contributed by atoms with Crippen molar-refractivity contribution in [2.24, 2.45) is 0 Å². The molecule has 22 heavy (non-hydrogen) atoms. The fourth-order valence-corrected chi connectivity index (χ4v) is 4.21. The first-order valence-electron chi connectivity index (χ1n) is 8.53. The summed E-state index contributed by atoms with van der Waals surface area (Å²) in [5.74, 6) is 0.0702. The SMILES string of the molecule is O=C(NC1C[C@H]2CC[C@@H](C1)N2C[C@H]1CCO1)c1ccccc1. The molecule has 1 N–H and O–H groups in total. The van der Waals surface area contributed by atoms with Gasteiger partial charge < -0.3 is 10.1 Å². The van der Waals surface area contributed by atoms with Crippen molar-refractivity contribution in [1.29, 1.82) is 0 Å². The van der Waals surface area contributed by atoms with Gasteiger partial charge in [0.25, 0.3) is 5.91 Å². The minimum Gasteiger partial charge on any atom is -0.377 e. The molecule has 4 nitrogen and oxygen atoms in total. The molecule has 0 aromatic heterocycles. The number of ether oxygens (including phenoxy) is 1. The van der Waals surface area contributed by atoms with Gasteiger partial charge in [-0.3, -0.25) is 9.69 Å². The van der Waals surface area contributed by atoms with Crippen LogP contribution >= 0.6 is 0 Å². The number of carbonyl (C=O) groups excluding carboxylic acids is 1. The van der Waals surface area contributed by atoms with Crippen LogP contribution in [0.1, 0.15) is 42.5 Å². The van der Waals surface area contributed by atoms with Crippen molar-refractivity contribution >= 4 is 5.91 Å². The summed E-state index contributed by atoms with van der Waals surface area (Å²) in [5.41, 5.74) is 0.764. The van der Waals surface area contributed by atoms with Crippen molar-refractivity contribution in [1.82, 2.24) is 10.2 Å². The van der Waals surface area contributed by atoms with Gasteiger partial charge in [0.1, 0.15) is 0 Å². The molecule has 1 amide bonds. The molecule has 2 bridgehead atoms. The Bertz CT molecular complexity index is 515. The maximum atomic E-state index is 12.3. The number of carbonyl (C=O) groups is 1. The van der Waals surface area contributed by atoms with E-state index in [9.17, 15) is 4.79 Å². The first kappa shape index (κ1) is 14.2. The second kappa shape index (κ2) is 6.01. The van der Waals surface area contributed by atoms with Gasteiger partial charge in [-0.05, 0) is 44.2 Å². The first-order chi connectivity index (χ1) is 10.8. The number of benzene rings is 1. The minimum atomic E-state index is 0.0702. The van der Waals surface area contributed by atoms with Crippen LogP contribution in [0.3, 0.4) is 0 Å². The van der Waals surface area contributed by atoms with Crippen LogP contribution in [0.5, 0.6) is 0 Å². The van der Waals surface area contributed by atoms with E-state index in [0.29, 0.717) is 24.2 Å². The molecular weight excluding hydrogens is 276 g/mol. The summed E-state index contributed by atoms with van der Waals surface area (Å²) in [7, 11) is 0. The van der Waals surface area contributed by atoms with Crippen molar-refractivity contribution < 1.29 is 9.53 Å². The van der Waals surface area contributed by atoms with Gasteiger partial charge in [0.05, 0.1) is 6.10 Å². The fourth-order valence-electron chi connectivity index (χ4n) is 4.21. The van der Waals surface area contributed by atoms with E-state index in [-0.39, 0.29) is 5.91 Å². The summed E-state index contributed by atoms with van der Waals surface area (Å²) >= 11 is 0. The Morgan fingerprint density at radius 2 is 1.82 bits per heavy atom. The number of fused-ring (bicyclic) bond motifs is 2. The van der Waals surface area contributed by atoms with E-state index >= 15 is 0 Å². The third-order valence-electron chi connectivity index (χ3n) is 5.46. The van der Waals surface area contributed by atoms with E-state index in [1.54, 1.807) is 0 Å². The van der Waals surface area contributed by atoms with Crippen LogP contribution in [-0.2, 0) is 4.74 Å². The van der Waals surface area contributed by atoms with E-state index in [0.717, 1.165) is 31.6 Å². The molecule has 1 unspecified atom stereocenters. The number of hydrogen-bond donors (Lipinski definition) is 1. The topological polar surface area (TPSA) is 41.6 Å². The molecule has 3 aliphatic rings. The zero-order chi connectivity index (χ0) is 14.9. The van der Waals surface area contributed by atoms with Crippen LogP contribution in [0.2, 0.25) is 0 Å². The average Bonchev–Trinajstić information content (AvgIpc) is 2.73. The summed E-state index contributed by atoms with van der Waals surface area (Å²) < 4.78 is 5.60. The van der Waals surface area contributed by atoms with E-state index in [4.69, 9.17) is 4.74 Å². The molecule has 0 spiro atoms. The van der Waals surface area contributed by atoms with Gasteiger partial charge in [-0.1, -0.05) is 18.2 Å². The predicted octanol–water partition coefficient (Wildman–Crippen LogP) is 2.20. The lowest BCUT2D eigenvalue weighted by molar-refractivity contribution is -0.0782. The Hall–Kier alpha value is -1.39. The smallest absolute Gasteiger partial charge is 0.251 e. The minimum absolute atomic E-state index is 0.0702. The zero-order valence-electron chi connectivity index (χ0n) is 12.9. The lowest BCUT2D eigenvalue weighted by Gasteiger charge is -2.42. The van der Waals surface area contributed by atoms with E-state index < -0.39 is 0 Å². The molecule has 0 radical (unpaired) electrons.